The molecule has 0 aromatic carbocycles. The third kappa shape index (κ3) is 2.85. The van der Waals surface area contributed by atoms with Gasteiger partial charge in [-0.15, -0.1) is 0 Å². The SMILES string of the molecule is CCCC(=O)N(N)C(=O)c1ccncc1. The number of imide groups is 1. The Labute approximate surface area is 87.9 Å². The summed E-state index contributed by atoms with van der Waals surface area (Å²) in [5, 5.41) is 0.652. The zero-order valence-electron chi connectivity index (χ0n) is 8.51. The van der Waals surface area contributed by atoms with Gasteiger partial charge in [-0.3, -0.25) is 14.6 Å². The maximum atomic E-state index is 11.6. The molecule has 5 nitrogen and oxygen atoms in total. The van der Waals surface area contributed by atoms with Gasteiger partial charge in [0.25, 0.3) is 5.91 Å². The van der Waals surface area contributed by atoms with E-state index in [9.17, 15) is 9.59 Å². The van der Waals surface area contributed by atoms with E-state index in [0.29, 0.717) is 17.0 Å². The lowest BCUT2D eigenvalue weighted by Gasteiger charge is -2.13. The number of hydrazine groups is 1. The first-order valence-electron chi connectivity index (χ1n) is 4.68. The topological polar surface area (TPSA) is 76.3 Å². The first kappa shape index (κ1) is 11.3. The van der Waals surface area contributed by atoms with Gasteiger partial charge in [0.2, 0.25) is 5.91 Å². The highest BCUT2D eigenvalue weighted by molar-refractivity contribution is 6.03. The van der Waals surface area contributed by atoms with Crippen LogP contribution < -0.4 is 5.84 Å². The van der Waals surface area contributed by atoms with Gasteiger partial charge >= 0.3 is 0 Å². The summed E-state index contributed by atoms with van der Waals surface area (Å²) in [6.07, 6.45) is 3.89. The Hall–Kier alpha value is -1.75. The van der Waals surface area contributed by atoms with Crippen LogP contribution in [0.3, 0.4) is 0 Å². The predicted octanol–water partition coefficient (Wildman–Crippen LogP) is 0.724. The summed E-state index contributed by atoms with van der Waals surface area (Å²) in [5.74, 6) is 4.51. The molecule has 0 aliphatic carbocycles. The minimum Gasteiger partial charge on any atom is -0.273 e. The van der Waals surface area contributed by atoms with E-state index in [4.69, 9.17) is 5.84 Å². The van der Waals surface area contributed by atoms with Crippen molar-refractivity contribution >= 4 is 11.8 Å². The van der Waals surface area contributed by atoms with Gasteiger partial charge in [-0.1, -0.05) is 6.92 Å². The van der Waals surface area contributed by atoms with Crippen molar-refractivity contribution in [2.75, 3.05) is 0 Å². The standard InChI is InChI=1S/C10H13N3O2/c1-2-3-9(14)13(11)10(15)8-4-6-12-7-5-8/h4-7H,2-3,11H2,1H3. The number of carbonyl (C=O) groups is 2. The fraction of sp³-hybridized carbons (Fsp3) is 0.300. The van der Waals surface area contributed by atoms with Gasteiger partial charge in [0.15, 0.2) is 0 Å². The summed E-state index contributed by atoms with van der Waals surface area (Å²) < 4.78 is 0. The van der Waals surface area contributed by atoms with E-state index in [-0.39, 0.29) is 12.3 Å². The van der Waals surface area contributed by atoms with Crippen molar-refractivity contribution in [1.29, 1.82) is 0 Å². The molecule has 0 bridgehead atoms. The molecule has 1 heterocycles. The van der Waals surface area contributed by atoms with Crippen LogP contribution in [0.2, 0.25) is 0 Å². The Morgan fingerprint density at radius 2 is 2.00 bits per heavy atom. The number of nitrogens with two attached hydrogens (primary N) is 1. The van der Waals surface area contributed by atoms with Crippen molar-refractivity contribution in [2.24, 2.45) is 5.84 Å². The molecular weight excluding hydrogens is 194 g/mol. The lowest BCUT2D eigenvalue weighted by molar-refractivity contribution is -0.128. The van der Waals surface area contributed by atoms with E-state index in [2.05, 4.69) is 4.98 Å². The summed E-state index contributed by atoms with van der Waals surface area (Å²) in [6, 6.07) is 3.03. The molecule has 80 valence electrons. The van der Waals surface area contributed by atoms with Crippen LogP contribution in [0.15, 0.2) is 24.5 Å². The highest BCUT2D eigenvalue weighted by Crippen LogP contribution is 2.02. The lowest BCUT2D eigenvalue weighted by Crippen LogP contribution is -2.42. The predicted molar refractivity (Wildman–Crippen MR) is 54.5 cm³/mol. The maximum Gasteiger partial charge on any atom is 0.274 e. The quantitative estimate of drug-likeness (QED) is 0.450. The van der Waals surface area contributed by atoms with Crippen LogP contribution in [0, 0.1) is 0 Å². The molecule has 2 N–H and O–H groups in total. The van der Waals surface area contributed by atoms with Gasteiger partial charge in [0, 0.05) is 24.4 Å². The molecule has 0 aliphatic heterocycles. The zero-order chi connectivity index (χ0) is 11.3. The molecule has 0 unspecified atom stereocenters. The van der Waals surface area contributed by atoms with E-state index in [1.807, 2.05) is 6.92 Å². The first-order chi connectivity index (χ1) is 7.16. The summed E-state index contributed by atoms with van der Waals surface area (Å²) in [6.45, 7) is 1.85. The number of aromatic nitrogens is 1. The summed E-state index contributed by atoms with van der Waals surface area (Å²) in [5.41, 5.74) is 0.358. The van der Waals surface area contributed by atoms with E-state index >= 15 is 0 Å². The number of carbonyl (C=O) groups excluding carboxylic acids is 2. The van der Waals surface area contributed by atoms with E-state index < -0.39 is 5.91 Å². The van der Waals surface area contributed by atoms with Gasteiger partial charge in [-0.25, -0.2) is 10.9 Å². The second-order valence-corrected chi connectivity index (χ2v) is 3.05. The molecule has 1 aromatic heterocycles. The Balaban J connectivity index is 2.73. The second-order valence-electron chi connectivity index (χ2n) is 3.05. The fourth-order valence-corrected chi connectivity index (χ4v) is 1.08. The molecule has 15 heavy (non-hydrogen) atoms. The molecule has 1 aromatic rings. The molecular formula is C10H13N3O2. The molecule has 2 amide bonds. The van der Waals surface area contributed by atoms with Gasteiger partial charge in [-0.2, -0.15) is 0 Å². The van der Waals surface area contributed by atoms with Crippen LogP contribution in [0.25, 0.3) is 0 Å². The fourth-order valence-electron chi connectivity index (χ4n) is 1.08. The smallest absolute Gasteiger partial charge is 0.273 e. The van der Waals surface area contributed by atoms with Crippen LogP contribution in [-0.4, -0.2) is 21.8 Å². The van der Waals surface area contributed by atoms with Gasteiger partial charge < -0.3 is 0 Å². The summed E-state index contributed by atoms with van der Waals surface area (Å²) in [7, 11) is 0. The molecule has 0 aliphatic rings. The van der Waals surface area contributed by atoms with Crippen molar-refractivity contribution < 1.29 is 9.59 Å². The Morgan fingerprint density at radius 1 is 1.40 bits per heavy atom. The zero-order valence-corrected chi connectivity index (χ0v) is 8.51. The molecule has 0 atom stereocenters. The summed E-state index contributed by atoms with van der Waals surface area (Å²) in [4.78, 5) is 26.7. The number of pyridine rings is 1. The molecule has 0 saturated heterocycles. The lowest BCUT2D eigenvalue weighted by atomic mass is 10.2. The number of hydrogen-bond donors (Lipinski definition) is 1. The van der Waals surface area contributed by atoms with Crippen LogP contribution in [0.5, 0.6) is 0 Å². The van der Waals surface area contributed by atoms with Gasteiger partial charge in [0.05, 0.1) is 0 Å². The third-order valence-corrected chi connectivity index (χ3v) is 1.88. The Kier molecular flexibility index (Phi) is 3.93. The number of nitrogens with zero attached hydrogens (tertiary/aromatic N) is 2. The Morgan fingerprint density at radius 3 is 2.53 bits per heavy atom. The number of hydrogen-bond acceptors (Lipinski definition) is 4. The second kappa shape index (κ2) is 5.21. The number of rotatable bonds is 3. The van der Waals surface area contributed by atoms with Crippen LogP contribution in [-0.2, 0) is 4.79 Å². The van der Waals surface area contributed by atoms with Crippen LogP contribution in [0.4, 0.5) is 0 Å². The van der Waals surface area contributed by atoms with Crippen LogP contribution >= 0.6 is 0 Å². The minimum atomic E-state index is -0.504. The van der Waals surface area contributed by atoms with E-state index in [1.54, 1.807) is 0 Å². The molecule has 0 spiro atoms. The van der Waals surface area contributed by atoms with Crippen molar-refractivity contribution in [1.82, 2.24) is 9.99 Å². The van der Waals surface area contributed by atoms with Gasteiger partial charge in [0.1, 0.15) is 0 Å². The monoisotopic (exact) mass is 207 g/mol. The largest absolute Gasteiger partial charge is 0.274 e. The number of amides is 2. The molecule has 5 heteroatoms. The highest BCUT2D eigenvalue weighted by Gasteiger charge is 2.18. The van der Waals surface area contributed by atoms with Gasteiger partial charge in [-0.05, 0) is 18.6 Å². The van der Waals surface area contributed by atoms with Crippen molar-refractivity contribution in [3.05, 3.63) is 30.1 Å². The molecule has 0 radical (unpaired) electrons. The third-order valence-electron chi connectivity index (χ3n) is 1.88. The van der Waals surface area contributed by atoms with E-state index in [1.165, 1.54) is 24.5 Å². The molecule has 1 rings (SSSR count). The highest BCUT2D eigenvalue weighted by atomic mass is 16.2. The Bertz CT molecular complexity index is 351. The van der Waals surface area contributed by atoms with Crippen molar-refractivity contribution in [3.63, 3.8) is 0 Å². The average Bonchev–Trinajstić information content (AvgIpc) is 2.28. The first-order valence-corrected chi connectivity index (χ1v) is 4.68. The normalized spacial score (nSPS) is 9.73. The van der Waals surface area contributed by atoms with E-state index in [0.717, 1.165) is 0 Å². The summed E-state index contributed by atoms with van der Waals surface area (Å²) >= 11 is 0. The van der Waals surface area contributed by atoms with Crippen molar-refractivity contribution in [2.45, 2.75) is 19.8 Å². The average molecular weight is 207 g/mol. The van der Waals surface area contributed by atoms with Crippen LogP contribution in [0.1, 0.15) is 30.1 Å². The van der Waals surface area contributed by atoms with Crippen molar-refractivity contribution in [3.8, 4) is 0 Å². The maximum absolute atomic E-state index is 11.6. The minimum absolute atomic E-state index is 0.271. The molecule has 0 saturated carbocycles. The molecule has 0 fully saturated rings.